The molecular weight excluding hydrogens is 282 g/mol. The minimum Gasteiger partial charge on any atom is -0.219 e. The van der Waals surface area contributed by atoms with Crippen LogP contribution in [0.4, 0.5) is 26.5 Å². The summed E-state index contributed by atoms with van der Waals surface area (Å²) in [6, 6.07) is 0. The van der Waals surface area contributed by atoms with Crippen molar-refractivity contribution in [3.8, 4) is 0 Å². The van der Waals surface area contributed by atoms with Crippen molar-refractivity contribution < 1.29 is 47.7 Å². The van der Waals surface area contributed by atoms with Crippen LogP contribution in [-0.2, 0) is 29.8 Å². The summed E-state index contributed by atoms with van der Waals surface area (Å²) in [5, 5.41) is 0. The van der Waals surface area contributed by atoms with Crippen LogP contribution in [0.2, 0.25) is 0 Å². The first-order valence-corrected chi connectivity index (χ1v) is 5.03. The van der Waals surface area contributed by atoms with E-state index in [0.29, 0.717) is 0 Å². The van der Waals surface area contributed by atoms with E-state index in [9.17, 15) is 39.1 Å². The summed E-state index contributed by atoms with van der Waals surface area (Å²) < 4.78 is 101. The monoisotopic (exact) mass is 282 g/mol. The number of alkyl halides is 5. The number of hydrogen-bond acceptors (Lipinski definition) is 5. The van der Waals surface area contributed by atoms with Crippen LogP contribution in [0.25, 0.3) is 0 Å². The van der Waals surface area contributed by atoms with Gasteiger partial charge in [0.05, 0.1) is 0 Å². The highest BCUT2D eigenvalue weighted by molar-refractivity contribution is 7.97. The lowest BCUT2D eigenvalue weighted by Gasteiger charge is -2.10. The highest BCUT2D eigenvalue weighted by Crippen LogP contribution is 2.29. The van der Waals surface area contributed by atoms with Crippen molar-refractivity contribution >= 4 is 21.2 Å². The molecule has 0 saturated carbocycles. The second-order valence-electron chi connectivity index (χ2n) is 1.74. The zero-order valence-corrected chi connectivity index (χ0v) is 7.76. The molecule has 0 amide bonds. The summed E-state index contributed by atoms with van der Waals surface area (Å²) >= 11 is -4.48. The molecule has 92 valence electrons. The Labute approximate surface area is 80.6 Å². The maximum absolute atomic E-state index is 11.8. The lowest BCUT2D eigenvalue weighted by Crippen LogP contribution is -2.33. The topological polar surface area (TPSA) is 69.7 Å². The zero-order chi connectivity index (χ0) is 12.5. The van der Waals surface area contributed by atoms with E-state index in [1.54, 1.807) is 4.94 Å². The van der Waals surface area contributed by atoms with Gasteiger partial charge in [0.1, 0.15) is 0 Å². The fraction of sp³-hybridized carbons (Fsp3) is 1.00. The Morgan fingerprint density at radius 2 is 1.47 bits per heavy atom. The molecular formula is C2F6O5S2. The second-order valence-corrected chi connectivity index (χ2v) is 4.60. The Kier molecular flexibility index (Phi) is 4.11. The van der Waals surface area contributed by atoms with Gasteiger partial charge >= 0.3 is 21.1 Å². The zero-order valence-electron chi connectivity index (χ0n) is 6.13. The van der Waals surface area contributed by atoms with Gasteiger partial charge in [-0.25, -0.2) is 4.21 Å². The second kappa shape index (κ2) is 4.23. The van der Waals surface area contributed by atoms with Crippen LogP contribution >= 0.6 is 0 Å². The molecule has 1 unspecified atom stereocenters. The number of halogens is 6. The molecule has 1 atom stereocenters. The van der Waals surface area contributed by atoms with Crippen LogP contribution in [0.3, 0.4) is 0 Å². The van der Waals surface area contributed by atoms with Crippen LogP contribution in [-0.4, -0.2) is 23.6 Å². The summed E-state index contributed by atoms with van der Waals surface area (Å²) in [5.41, 5.74) is -11.4. The Balaban J connectivity index is 4.87. The molecule has 0 aromatic rings. The van der Waals surface area contributed by atoms with Gasteiger partial charge in [0.2, 0.25) is 0 Å². The molecule has 0 rings (SSSR count). The van der Waals surface area contributed by atoms with Crippen molar-refractivity contribution in [2.45, 2.75) is 10.9 Å². The van der Waals surface area contributed by atoms with E-state index in [1.165, 1.54) is 0 Å². The van der Waals surface area contributed by atoms with E-state index >= 15 is 0 Å². The quantitative estimate of drug-likeness (QED) is 0.567. The average molecular weight is 282 g/mol. The molecule has 0 radical (unpaired) electrons. The third kappa shape index (κ3) is 3.58. The summed E-state index contributed by atoms with van der Waals surface area (Å²) in [6.07, 6.45) is 0. The smallest absolute Gasteiger partial charge is 0.219 e. The summed E-state index contributed by atoms with van der Waals surface area (Å²) in [7, 11) is -6.52. The van der Waals surface area contributed by atoms with Gasteiger partial charge in [-0.15, -0.1) is 4.94 Å². The Morgan fingerprint density at radius 3 is 1.73 bits per heavy atom. The van der Waals surface area contributed by atoms with Crippen molar-refractivity contribution in [3.63, 3.8) is 0 Å². The summed E-state index contributed by atoms with van der Waals surface area (Å²) in [4.78, 5) is 1.67. The molecule has 0 N–H and O–H groups in total. The van der Waals surface area contributed by atoms with Gasteiger partial charge in [-0.1, -0.05) is 0 Å². The van der Waals surface area contributed by atoms with E-state index < -0.39 is 32.1 Å². The van der Waals surface area contributed by atoms with Gasteiger partial charge in [-0.3, -0.25) is 0 Å². The first-order chi connectivity index (χ1) is 6.44. The molecule has 0 aliphatic heterocycles. The van der Waals surface area contributed by atoms with Crippen LogP contribution in [0, 0.1) is 0 Å². The minimum atomic E-state index is -6.52. The molecule has 5 nitrogen and oxygen atoms in total. The molecule has 0 saturated heterocycles. The van der Waals surface area contributed by atoms with Crippen LogP contribution in [0.15, 0.2) is 0 Å². The molecule has 0 aromatic carbocycles. The number of hydrogen-bond donors (Lipinski definition) is 0. The summed E-state index contributed by atoms with van der Waals surface area (Å²) in [5.74, 6) is 0. The van der Waals surface area contributed by atoms with Gasteiger partial charge in [0.25, 0.3) is 11.1 Å². The lowest BCUT2D eigenvalue weighted by atomic mass is 11.5. The largest absolute Gasteiger partial charge is 0.524 e. The first kappa shape index (κ1) is 14.6. The van der Waals surface area contributed by atoms with Crippen molar-refractivity contribution in [1.82, 2.24) is 0 Å². The fourth-order valence-corrected chi connectivity index (χ4v) is 1.51. The predicted octanol–water partition coefficient (Wildman–Crippen LogP) is 0.968. The fourth-order valence-electron chi connectivity index (χ4n) is 0.185. The van der Waals surface area contributed by atoms with Gasteiger partial charge in [0, 0.05) is 0 Å². The molecule has 0 heterocycles. The molecule has 0 aromatic heterocycles. The molecule has 0 aliphatic rings. The third-order valence-corrected chi connectivity index (χ3v) is 2.95. The highest BCUT2D eigenvalue weighted by atomic mass is 32.3. The Hall–Kier alpha value is -0.400. The molecule has 0 fully saturated rings. The van der Waals surface area contributed by atoms with Gasteiger partial charge < -0.3 is 0 Å². The van der Waals surface area contributed by atoms with E-state index in [0.717, 1.165) is 0 Å². The standard InChI is InChI=1S/C2F6O5S2/c3-1(4,5)15(10,11)13-14(9)2(6,7)12-8. The molecule has 0 spiro atoms. The van der Waals surface area contributed by atoms with Gasteiger partial charge in [-0.2, -0.15) is 34.0 Å². The van der Waals surface area contributed by atoms with Crippen molar-refractivity contribution in [2.24, 2.45) is 0 Å². The molecule has 15 heavy (non-hydrogen) atoms. The predicted molar refractivity (Wildman–Crippen MR) is 31.3 cm³/mol. The van der Waals surface area contributed by atoms with Crippen LogP contribution in [0.1, 0.15) is 0 Å². The maximum Gasteiger partial charge on any atom is 0.524 e. The van der Waals surface area contributed by atoms with Crippen LogP contribution < -0.4 is 0 Å². The third-order valence-electron chi connectivity index (χ3n) is 0.719. The minimum absolute atomic E-state index is 1.67. The number of rotatable bonds is 4. The van der Waals surface area contributed by atoms with E-state index in [4.69, 9.17) is 0 Å². The summed E-state index contributed by atoms with van der Waals surface area (Å²) in [6.45, 7) is 0. The SMILES string of the molecule is O=S(OS(=O)(=O)C(F)(F)F)C(F)(F)OF. The van der Waals surface area contributed by atoms with E-state index in [-0.39, 0.29) is 0 Å². The molecule has 0 bridgehead atoms. The van der Waals surface area contributed by atoms with E-state index in [1.807, 2.05) is 0 Å². The molecule has 0 aliphatic carbocycles. The lowest BCUT2D eigenvalue weighted by molar-refractivity contribution is -0.304. The van der Waals surface area contributed by atoms with Crippen molar-refractivity contribution in [1.29, 1.82) is 0 Å². The van der Waals surface area contributed by atoms with Crippen molar-refractivity contribution in [2.75, 3.05) is 0 Å². The average Bonchev–Trinajstić information content (AvgIpc) is 2.01. The highest BCUT2D eigenvalue weighted by Gasteiger charge is 2.53. The van der Waals surface area contributed by atoms with Crippen molar-refractivity contribution in [3.05, 3.63) is 0 Å². The normalized spacial score (nSPS) is 16.4. The van der Waals surface area contributed by atoms with Gasteiger partial charge in [0.15, 0.2) is 0 Å². The Bertz CT molecular complexity index is 343. The van der Waals surface area contributed by atoms with E-state index in [2.05, 4.69) is 3.63 Å². The Morgan fingerprint density at radius 1 is 1.07 bits per heavy atom. The molecule has 13 heteroatoms. The van der Waals surface area contributed by atoms with Gasteiger partial charge in [-0.05, 0) is 4.53 Å². The van der Waals surface area contributed by atoms with Crippen LogP contribution in [0.5, 0.6) is 0 Å². The first-order valence-electron chi connectivity index (χ1n) is 2.54. The maximum atomic E-state index is 11.8.